The lowest BCUT2D eigenvalue weighted by molar-refractivity contribution is 0.592. The maximum Gasteiger partial charge on any atom is 0.154 e. The van der Waals surface area contributed by atoms with Gasteiger partial charge < -0.3 is 0 Å². The standard InChI is InChI=1S/C7H12O2S/c1-6-4-3-5-7(6)10(2,8)9/h7H,1,3-5H2,2H3. The van der Waals surface area contributed by atoms with E-state index in [0.29, 0.717) is 0 Å². The molecule has 1 saturated carbocycles. The van der Waals surface area contributed by atoms with Crippen LogP contribution in [0.15, 0.2) is 12.2 Å². The van der Waals surface area contributed by atoms with Crippen molar-refractivity contribution in [1.29, 1.82) is 0 Å². The van der Waals surface area contributed by atoms with Gasteiger partial charge in [-0.2, -0.15) is 0 Å². The zero-order valence-corrected chi connectivity index (χ0v) is 6.95. The van der Waals surface area contributed by atoms with Crippen LogP contribution in [0.4, 0.5) is 0 Å². The molecule has 0 aromatic heterocycles. The molecule has 0 heterocycles. The summed E-state index contributed by atoms with van der Waals surface area (Å²) >= 11 is 0. The van der Waals surface area contributed by atoms with Crippen LogP contribution in [0, 0.1) is 0 Å². The smallest absolute Gasteiger partial charge is 0.154 e. The summed E-state index contributed by atoms with van der Waals surface area (Å²) in [5, 5.41) is -0.243. The first-order chi connectivity index (χ1) is 4.52. The molecule has 1 atom stereocenters. The molecule has 1 fully saturated rings. The monoisotopic (exact) mass is 160 g/mol. The van der Waals surface area contributed by atoms with Crippen LogP contribution in [-0.2, 0) is 9.84 Å². The second-order valence-electron chi connectivity index (χ2n) is 2.87. The van der Waals surface area contributed by atoms with Crippen molar-refractivity contribution in [2.75, 3.05) is 6.26 Å². The SMILES string of the molecule is C=C1CCCC1S(C)(=O)=O. The van der Waals surface area contributed by atoms with Crippen LogP contribution in [-0.4, -0.2) is 19.9 Å². The van der Waals surface area contributed by atoms with Crippen molar-refractivity contribution in [1.82, 2.24) is 0 Å². The van der Waals surface area contributed by atoms with Crippen LogP contribution in [0.3, 0.4) is 0 Å². The van der Waals surface area contributed by atoms with Gasteiger partial charge in [-0.1, -0.05) is 12.2 Å². The van der Waals surface area contributed by atoms with E-state index in [1.165, 1.54) is 6.26 Å². The van der Waals surface area contributed by atoms with Crippen molar-refractivity contribution in [2.24, 2.45) is 0 Å². The molecular formula is C7H12O2S. The van der Waals surface area contributed by atoms with Crippen LogP contribution in [0.2, 0.25) is 0 Å². The molecule has 2 nitrogen and oxygen atoms in total. The van der Waals surface area contributed by atoms with E-state index in [0.717, 1.165) is 24.8 Å². The number of hydrogen-bond donors (Lipinski definition) is 0. The summed E-state index contributed by atoms with van der Waals surface area (Å²) in [4.78, 5) is 0. The number of sulfone groups is 1. The molecule has 58 valence electrons. The zero-order chi connectivity index (χ0) is 7.78. The van der Waals surface area contributed by atoms with Crippen LogP contribution < -0.4 is 0 Å². The van der Waals surface area contributed by atoms with Crippen molar-refractivity contribution in [3.8, 4) is 0 Å². The summed E-state index contributed by atoms with van der Waals surface area (Å²) in [5.41, 5.74) is 0.891. The summed E-state index contributed by atoms with van der Waals surface area (Å²) < 4.78 is 22.0. The first-order valence-corrected chi connectivity index (χ1v) is 5.34. The third kappa shape index (κ3) is 1.40. The molecule has 0 N–H and O–H groups in total. The third-order valence-corrected chi connectivity index (χ3v) is 3.54. The third-order valence-electron chi connectivity index (χ3n) is 1.94. The van der Waals surface area contributed by atoms with Gasteiger partial charge in [-0.25, -0.2) is 8.42 Å². The first-order valence-electron chi connectivity index (χ1n) is 3.38. The van der Waals surface area contributed by atoms with Gasteiger partial charge in [0, 0.05) is 6.26 Å². The highest BCUT2D eigenvalue weighted by Crippen LogP contribution is 2.28. The average molecular weight is 160 g/mol. The van der Waals surface area contributed by atoms with Gasteiger partial charge in [0.15, 0.2) is 9.84 Å². The largest absolute Gasteiger partial charge is 0.229 e. The van der Waals surface area contributed by atoms with E-state index in [1.807, 2.05) is 0 Å². The molecule has 1 aliphatic carbocycles. The molecule has 1 rings (SSSR count). The van der Waals surface area contributed by atoms with Crippen molar-refractivity contribution in [3.05, 3.63) is 12.2 Å². The predicted molar refractivity (Wildman–Crippen MR) is 41.6 cm³/mol. The Hall–Kier alpha value is -0.310. The fourth-order valence-electron chi connectivity index (χ4n) is 1.40. The highest BCUT2D eigenvalue weighted by molar-refractivity contribution is 7.91. The molecule has 3 heteroatoms. The maximum absolute atomic E-state index is 11.0. The topological polar surface area (TPSA) is 34.1 Å². The van der Waals surface area contributed by atoms with Gasteiger partial charge in [-0.3, -0.25) is 0 Å². The lowest BCUT2D eigenvalue weighted by Crippen LogP contribution is -2.16. The summed E-state index contributed by atoms with van der Waals surface area (Å²) in [6.45, 7) is 3.72. The minimum absolute atomic E-state index is 0.243. The quantitative estimate of drug-likeness (QED) is 0.539. The maximum atomic E-state index is 11.0. The van der Waals surface area contributed by atoms with Gasteiger partial charge in [-0.05, 0) is 19.3 Å². The number of hydrogen-bond acceptors (Lipinski definition) is 2. The molecule has 1 unspecified atom stereocenters. The summed E-state index contributed by atoms with van der Waals surface area (Å²) in [6, 6.07) is 0. The molecule has 0 saturated heterocycles. The van der Waals surface area contributed by atoms with Crippen molar-refractivity contribution >= 4 is 9.84 Å². The molecule has 0 aromatic carbocycles. The molecule has 1 aliphatic rings. The molecule has 0 radical (unpaired) electrons. The Kier molecular flexibility index (Phi) is 1.86. The van der Waals surface area contributed by atoms with Gasteiger partial charge in [0.05, 0.1) is 5.25 Å². The first kappa shape index (κ1) is 7.79. The van der Waals surface area contributed by atoms with E-state index in [-0.39, 0.29) is 5.25 Å². The molecule has 10 heavy (non-hydrogen) atoms. The van der Waals surface area contributed by atoms with Gasteiger partial charge in [0.25, 0.3) is 0 Å². The number of rotatable bonds is 1. The average Bonchev–Trinajstić information content (AvgIpc) is 2.11. The van der Waals surface area contributed by atoms with Crippen molar-refractivity contribution in [2.45, 2.75) is 24.5 Å². The minimum atomic E-state index is -2.85. The van der Waals surface area contributed by atoms with Crippen LogP contribution >= 0.6 is 0 Å². The van der Waals surface area contributed by atoms with E-state index in [1.54, 1.807) is 0 Å². The molecule has 0 aliphatic heterocycles. The molecule has 0 bridgehead atoms. The zero-order valence-electron chi connectivity index (χ0n) is 6.13. The van der Waals surface area contributed by atoms with E-state index < -0.39 is 9.84 Å². The fourth-order valence-corrected chi connectivity index (χ4v) is 2.71. The Labute approximate surface area is 61.9 Å². The van der Waals surface area contributed by atoms with Crippen LogP contribution in [0.1, 0.15) is 19.3 Å². The van der Waals surface area contributed by atoms with Crippen molar-refractivity contribution in [3.63, 3.8) is 0 Å². The Bertz CT molecular complexity index is 238. The minimum Gasteiger partial charge on any atom is -0.229 e. The van der Waals surface area contributed by atoms with E-state index in [9.17, 15) is 8.42 Å². The van der Waals surface area contributed by atoms with Gasteiger partial charge in [-0.15, -0.1) is 0 Å². The second-order valence-corrected chi connectivity index (χ2v) is 5.10. The fraction of sp³-hybridized carbons (Fsp3) is 0.714. The summed E-state index contributed by atoms with van der Waals surface area (Å²) in [5.74, 6) is 0. The summed E-state index contributed by atoms with van der Waals surface area (Å²) in [6.07, 6.45) is 3.93. The molecule has 0 aromatic rings. The second kappa shape index (κ2) is 2.38. The Morgan fingerprint density at radius 2 is 2.20 bits per heavy atom. The van der Waals surface area contributed by atoms with E-state index in [4.69, 9.17) is 0 Å². The highest BCUT2D eigenvalue weighted by atomic mass is 32.2. The normalized spacial score (nSPS) is 27.3. The predicted octanol–water partition coefficient (Wildman–Crippen LogP) is 1.14. The van der Waals surface area contributed by atoms with Gasteiger partial charge >= 0.3 is 0 Å². The van der Waals surface area contributed by atoms with Crippen LogP contribution in [0.5, 0.6) is 0 Å². The van der Waals surface area contributed by atoms with Gasteiger partial charge in [0.2, 0.25) is 0 Å². The lowest BCUT2D eigenvalue weighted by atomic mass is 10.3. The molecule has 0 spiro atoms. The van der Waals surface area contributed by atoms with Crippen molar-refractivity contribution < 1.29 is 8.42 Å². The highest BCUT2D eigenvalue weighted by Gasteiger charge is 2.27. The summed E-state index contributed by atoms with van der Waals surface area (Å²) in [7, 11) is -2.85. The van der Waals surface area contributed by atoms with E-state index >= 15 is 0 Å². The Morgan fingerprint density at radius 1 is 1.60 bits per heavy atom. The Balaban J connectivity index is 2.84. The van der Waals surface area contributed by atoms with E-state index in [2.05, 4.69) is 6.58 Å². The Morgan fingerprint density at radius 3 is 2.40 bits per heavy atom. The molecular weight excluding hydrogens is 148 g/mol. The lowest BCUT2D eigenvalue weighted by Gasteiger charge is -2.06. The van der Waals surface area contributed by atoms with Gasteiger partial charge in [0.1, 0.15) is 0 Å². The van der Waals surface area contributed by atoms with Crippen LogP contribution in [0.25, 0.3) is 0 Å². The molecule has 0 amide bonds.